The van der Waals surface area contributed by atoms with E-state index < -0.39 is 6.04 Å². The highest BCUT2D eigenvalue weighted by atomic mass is 16.5. The topological polar surface area (TPSA) is 89.7 Å². The second-order valence-corrected chi connectivity index (χ2v) is 8.66. The highest BCUT2D eigenvalue weighted by molar-refractivity contribution is 6.01. The molecule has 4 aromatic rings. The van der Waals surface area contributed by atoms with Crippen LogP contribution >= 0.6 is 0 Å². The van der Waals surface area contributed by atoms with Crippen molar-refractivity contribution in [1.29, 1.82) is 0 Å². The van der Waals surface area contributed by atoms with Crippen LogP contribution in [-0.4, -0.2) is 30.4 Å². The molecule has 1 unspecified atom stereocenters. The Kier molecular flexibility index (Phi) is 6.64. The number of hydrogen-bond acceptors (Lipinski definition) is 6. The Morgan fingerprint density at radius 2 is 1.54 bits per heavy atom. The standard InChI is InChI=1S/C29H28N4O4/c1-5-19-6-12-22(13-7-19)33-18(2)25(26(30-29(33)34)20-8-14-23(35-3)15-9-20)28-31-27(32-37-28)21-10-16-24(36-4)17-11-21/h6-17,26H,5H2,1-4H3,(H,30,34). The number of amides is 2. The normalized spacial score (nSPS) is 15.5. The van der Waals surface area contributed by atoms with Gasteiger partial charge in [0.15, 0.2) is 0 Å². The zero-order valence-corrected chi connectivity index (χ0v) is 21.2. The van der Waals surface area contributed by atoms with Gasteiger partial charge < -0.3 is 19.3 Å². The molecule has 1 aliphatic heterocycles. The summed E-state index contributed by atoms with van der Waals surface area (Å²) in [6.45, 7) is 4.00. The Morgan fingerprint density at radius 1 is 0.919 bits per heavy atom. The van der Waals surface area contributed by atoms with Crippen molar-refractivity contribution in [2.75, 3.05) is 19.1 Å². The first kappa shape index (κ1) is 24.1. The highest BCUT2D eigenvalue weighted by Gasteiger charge is 2.36. The molecular formula is C29H28N4O4. The number of methoxy groups -OCH3 is 2. The van der Waals surface area contributed by atoms with Crippen LogP contribution in [0.5, 0.6) is 11.5 Å². The molecule has 1 atom stereocenters. The maximum Gasteiger partial charge on any atom is 0.326 e. The quantitative estimate of drug-likeness (QED) is 0.337. The van der Waals surface area contributed by atoms with E-state index in [0.717, 1.165) is 40.3 Å². The molecule has 1 aliphatic rings. The van der Waals surface area contributed by atoms with Gasteiger partial charge in [0.1, 0.15) is 11.5 Å². The number of hydrogen-bond donors (Lipinski definition) is 1. The lowest BCUT2D eigenvalue weighted by Crippen LogP contribution is -2.46. The predicted molar refractivity (Wildman–Crippen MR) is 141 cm³/mol. The van der Waals surface area contributed by atoms with Gasteiger partial charge in [0.05, 0.1) is 31.5 Å². The van der Waals surface area contributed by atoms with Crippen molar-refractivity contribution in [2.24, 2.45) is 0 Å². The molecule has 5 rings (SSSR count). The molecule has 188 valence electrons. The average Bonchev–Trinajstić information content (AvgIpc) is 3.43. The van der Waals surface area contributed by atoms with E-state index in [1.54, 1.807) is 19.1 Å². The third-order valence-corrected chi connectivity index (χ3v) is 6.54. The first-order valence-electron chi connectivity index (χ1n) is 12.0. The molecule has 8 heteroatoms. The van der Waals surface area contributed by atoms with E-state index in [4.69, 9.17) is 19.0 Å². The van der Waals surface area contributed by atoms with Crippen LogP contribution in [0.3, 0.4) is 0 Å². The van der Waals surface area contributed by atoms with Crippen molar-refractivity contribution in [2.45, 2.75) is 26.3 Å². The summed E-state index contributed by atoms with van der Waals surface area (Å²) in [6.07, 6.45) is 0.919. The van der Waals surface area contributed by atoms with Crippen molar-refractivity contribution in [1.82, 2.24) is 15.5 Å². The first-order valence-corrected chi connectivity index (χ1v) is 12.0. The van der Waals surface area contributed by atoms with Gasteiger partial charge in [-0.1, -0.05) is 36.3 Å². The molecular weight excluding hydrogens is 468 g/mol. The summed E-state index contributed by atoms with van der Waals surface area (Å²) in [5.41, 5.74) is 5.04. The molecule has 0 aliphatic carbocycles. The van der Waals surface area contributed by atoms with Gasteiger partial charge in [-0.25, -0.2) is 4.79 Å². The summed E-state index contributed by atoms with van der Waals surface area (Å²) in [7, 11) is 3.24. The molecule has 0 radical (unpaired) electrons. The minimum absolute atomic E-state index is 0.235. The molecule has 0 saturated heterocycles. The number of benzene rings is 3. The van der Waals surface area contributed by atoms with Crippen LogP contribution in [0, 0.1) is 0 Å². The molecule has 3 aromatic carbocycles. The van der Waals surface area contributed by atoms with Crippen LogP contribution in [0.2, 0.25) is 0 Å². The van der Waals surface area contributed by atoms with Crippen LogP contribution in [0.4, 0.5) is 10.5 Å². The van der Waals surface area contributed by atoms with Gasteiger partial charge in [0.2, 0.25) is 5.82 Å². The molecule has 1 aromatic heterocycles. The van der Waals surface area contributed by atoms with Crippen LogP contribution in [-0.2, 0) is 6.42 Å². The average molecular weight is 497 g/mol. The number of urea groups is 1. The number of nitrogens with one attached hydrogen (secondary N) is 1. The van der Waals surface area contributed by atoms with E-state index >= 15 is 0 Å². The Labute approximate surface area is 215 Å². The number of carbonyl (C=O) groups is 1. The van der Waals surface area contributed by atoms with Gasteiger partial charge in [0.25, 0.3) is 5.89 Å². The van der Waals surface area contributed by atoms with Crippen LogP contribution in [0.25, 0.3) is 17.0 Å². The third-order valence-electron chi connectivity index (χ3n) is 6.54. The third kappa shape index (κ3) is 4.65. The number of aryl methyl sites for hydroxylation is 1. The maximum absolute atomic E-state index is 13.4. The molecule has 37 heavy (non-hydrogen) atoms. The summed E-state index contributed by atoms with van der Waals surface area (Å²) in [5.74, 6) is 2.25. The number of carbonyl (C=O) groups excluding carboxylic acids is 1. The molecule has 0 spiro atoms. The smallest absolute Gasteiger partial charge is 0.326 e. The van der Waals surface area contributed by atoms with Crippen molar-refractivity contribution < 1.29 is 18.8 Å². The van der Waals surface area contributed by atoms with Crippen LogP contribution in [0.15, 0.2) is 83.0 Å². The monoisotopic (exact) mass is 496 g/mol. The fraction of sp³-hybridized carbons (Fsp3) is 0.207. The molecule has 1 N–H and O–H groups in total. The number of rotatable bonds is 7. The van der Waals surface area contributed by atoms with E-state index in [-0.39, 0.29) is 6.03 Å². The SMILES string of the molecule is CCc1ccc(N2C(=O)NC(c3ccc(OC)cc3)C(c3nc(-c4ccc(OC)cc4)no3)=C2C)cc1. The van der Waals surface area contributed by atoms with Gasteiger partial charge >= 0.3 is 6.03 Å². The highest BCUT2D eigenvalue weighted by Crippen LogP contribution is 2.39. The molecule has 0 bridgehead atoms. The second-order valence-electron chi connectivity index (χ2n) is 8.66. The van der Waals surface area contributed by atoms with Crippen molar-refractivity contribution in [3.63, 3.8) is 0 Å². The van der Waals surface area contributed by atoms with Gasteiger partial charge in [0, 0.05) is 11.3 Å². The lowest BCUT2D eigenvalue weighted by molar-refractivity contribution is 0.244. The lowest BCUT2D eigenvalue weighted by atomic mass is 9.94. The molecule has 2 amide bonds. The zero-order valence-electron chi connectivity index (χ0n) is 21.2. The van der Waals surface area contributed by atoms with Gasteiger partial charge in [-0.15, -0.1) is 0 Å². The zero-order chi connectivity index (χ0) is 25.9. The number of aromatic nitrogens is 2. The maximum atomic E-state index is 13.4. The van der Waals surface area contributed by atoms with E-state index in [1.807, 2.05) is 79.7 Å². The van der Waals surface area contributed by atoms with Crippen LogP contribution in [0.1, 0.15) is 36.9 Å². The second kappa shape index (κ2) is 10.2. The van der Waals surface area contributed by atoms with E-state index in [9.17, 15) is 4.79 Å². The molecule has 0 saturated carbocycles. The molecule has 2 heterocycles. The van der Waals surface area contributed by atoms with Gasteiger partial charge in [-0.2, -0.15) is 4.98 Å². The van der Waals surface area contributed by atoms with Crippen molar-refractivity contribution in [3.05, 3.63) is 95.5 Å². The largest absolute Gasteiger partial charge is 0.497 e. The Bertz CT molecular complexity index is 1420. The summed E-state index contributed by atoms with van der Waals surface area (Å²) in [4.78, 5) is 19.8. The van der Waals surface area contributed by atoms with Gasteiger partial charge in [-0.3, -0.25) is 4.90 Å². The fourth-order valence-corrected chi connectivity index (χ4v) is 4.45. The van der Waals surface area contributed by atoms with Crippen LogP contribution < -0.4 is 19.7 Å². The number of allylic oxidation sites excluding steroid dienone is 1. The molecule has 8 nitrogen and oxygen atoms in total. The minimum Gasteiger partial charge on any atom is -0.497 e. The fourth-order valence-electron chi connectivity index (χ4n) is 4.45. The first-order chi connectivity index (χ1) is 18.0. The summed E-state index contributed by atoms with van der Waals surface area (Å²) >= 11 is 0. The van der Waals surface area contributed by atoms with E-state index in [2.05, 4.69) is 17.4 Å². The molecule has 0 fully saturated rings. The number of ether oxygens (including phenoxy) is 2. The number of anilines is 1. The Morgan fingerprint density at radius 3 is 2.14 bits per heavy atom. The van der Waals surface area contributed by atoms with Crippen molar-refractivity contribution >= 4 is 17.3 Å². The van der Waals surface area contributed by atoms with E-state index in [1.165, 1.54) is 5.56 Å². The predicted octanol–water partition coefficient (Wildman–Crippen LogP) is 6.02. The summed E-state index contributed by atoms with van der Waals surface area (Å²) in [5, 5.41) is 7.37. The van der Waals surface area contributed by atoms with Gasteiger partial charge in [-0.05, 0) is 73.0 Å². The van der Waals surface area contributed by atoms with E-state index in [0.29, 0.717) is 17.4 Å². The Balaban J connectivity index is 1.61. The Hall–Kier alpha value is -4.59. The number of nitrogens with zero attached hydrogens (tertiary/aromatic N) is 3. The minimum atomic E-state index is -0.492. The lowest BCUT2D eigenvalue weighted by Gasteiger charge is -2.35. The summed E-state index contributed by atoms with van der Waals surface area (Å²) in [6, 6.07) is 22.2. The summed E-state index contributed by atoms with van der Waals surface area (Å²) < 4.78 is 16.4. The van der Waals surface area contributed by atoms with Crippen molar-refractivity contribution in [3.8, 4) is 22.9 Å².